The van der Waals surface area contributed by atoms with Crippen LogP contribution in [0.25, 0.3) is 0 Å². The maximum Gasteiger partial charge on any atom is 0.322 e. The molecule has 0 heterocycles. The molecule has 0 amide bonds. The minimum atomic E-state index is -0.953. The Kier molecular flexibility index (Phi) is 8.90. The van der Waals surface area contributed by atoms with Crippen LogP contribution in [0.2, 0.25) is 0 Å². The highest BCUT2D eigenvalue weighted by Gasteiger charge is 2.19. The summed E-state index contributed by atoms with van der Waals surface area (Å²) in [5.74, 6) is -2.94. The molecule has 0 rings (SSSR count). The molecule has 0 bridgehead atoms. The summed E-state index contributed by atoms with van der Waals surface area (Å²) in [5.41, 5.74) is 10.8. The molecule has 0 unspecified atom stereocenters. The lowest BCUT2D eigenvalue weighted by atomic mass is 10.1. The van der Waals surface area contributed by atoms with Crippen LogP contribution in [0.4, 0.5) is 0 Å². The van der Waals surface area contributed by atoms with Crippen molar-refractivity contribution < 1.29 is 33.4 Å². The third-order valence-electron chi connectivity index (χ3n) is 2.55. The molecule has 0 fully saturated rings. The zero-order valence-electron chi connectivity index (χ0n) is 12.0. The molecule has 0 aliphatic carbocycles. The van der Waals surface area contributed by atoms with Gasteiger partial charge in [0.15, 0.2) is 0 Å². The fourth-order valence-electron chi connectivity index (χ4n) is 1.31. The first kappa shape index (κ1) is 19.0. The summed E-state index contributed by atoms with van der Waals surface area (Å²) in [6.07, 6.45) is -0.406. The van der Waals surface area contributed by atoms with Crippen LogP contribution in [0.1, 0.15) is 25.7 Å². The number of ether oxygens (including phenoxy) is 3. The molecule has 0 aliphatic rings. The van der Waals surface area contributed by atoms with Crippen molar-refractivity contribution in [1.82, 2.24) is 0 Å². The van der Waals surface area contributed by atoms with Gasteiger partial charge < -0.3 is 25.7 Å². The molecule has 0 aliphatic heterocycles. The maximum absolute atomic E-state index is 11.3. The lowest BCUT2D eigenvalue weighted by Gasteiger charge is -2.09. The van der Waals surface area contributed by atoms with E-state index in [1.54, 1.807) is 0 Å². The van der Waals surface area contributed by atoms with Gasteiger partial charge in [-0.25, -0.2) is 0 Å². The van der Waals surface area contributed by atoms with Crippen LogP contribution in [-0.2, 0) is 33.4 Å². The minimum Gasteiger partial charge on any atom is -0.468 e. The summed E-state index contributed by atoms with van der Waals surface area (Å²) in [6.45, 7) is 0. The van der Waals surface area contributed by atoms with Gasteiger partial charge in [-0.15, -0.1) is 0 Å². The number of nitrogens with two attached hydrogens (primary N) is 2. The van der Waals surface area contributed by atoms with Gasteiger partial charge in [0, 0.05) is 12.8 Å². The van der Waals surface area contributed by atoms with E-state index in [-0.39, 0.29) is 25.7 Å². The van der Waals surface area contributed by atoms with Crippen LogP contribution in [0.5, 0.6) is 0 Å². The van der Waals surface area contributed by atoms with Gasteiger partial charge in [-0.2, -0.15) is 0 Å². The van der Waals surface area contributed by atoms with E-state index >= 15 is 0 Å². The van der Waals surface area contributed by atoms with Crippen LogP contribution >= 0.6 is 0 Å². The predicted octanol–water partition coefficient (Wildman–Crippen LogP) is -1.38. The molecule has 0 aromatic carbocycles. The van der Waals surface area contributed by atoms with E-state index in [2.05, 4.69) is 14.2 Å². The summed E-state index contributed by atoms with van der Waals surface area (Å²) >= 11 is 0. The molecule has 0 aromatic heterocycles. The Morgan fingerprint density at radius 3 is 1.43 bits per heavy atom. The topological polar surface area (TPSA) is 148 Å². The van der Waals surface area contributed by atoms with Gasteiger partial charge in [0.05, 0.1) is 14.2 Å². The first-order chi connectivity index (χ1) is 9.81. The second-order valence-corrected chi connectivity index (χ2v) is 4.18. The standard InChI is InChI=1S/C12H20N2O7/c1-19-11(17)7(13)3-5-9(15)21-10(16)6-4-8(14)12(18)20-2/h7-8H,3-6,13-14H2,1-2H3/t7-,8-/m0/s1. The minimum absolute atomic E-state index is 0.000458. The molecule has 0 saturated carbocycles. The van der Waals surface area contributed by atoms with Crippen molar-refractivity contribution in [2.75, 3.05) is 14.2 Å². The highest BCUT2D eigenvalue weighted by atomic mass is 16.6. The van der Waals surface area contributed by atoms with Gasteiger partial charge in [0.1, 0.15) is 12.1 Å². The summed E-state index contributed by atoms with van der Waals surface area (Å²) in [5, 5.41) is 0. The summed E-state index contributed by atoms with van der Waals surface area (Å²) < 4.78 is 13.3. The maximum atomic E-state index is 11.3. The third kappa shape index (κ3) is 8.00. The summed E-state index contributed by atoms with van der Waals surface area (Å²) in [6, 6.07) is -1.91. The molecule has 9 nitrogen and oxygen atoms in total. The SMILES string of the molecule is COC(=O)[C@@H](N)CCC(=O)OC(=O)CC[C@H](N)C(=O)OC. The van der Waals surface area contributed by atoms with Crippen molar-refractivity contribution in [3.05, 3.63) is 0 Å². The fourth-order valence-corrected chi connectivity index (χ4v) is 1.31. The molecule has 0 saturated heterocycles. The highest BCUT2D eigenvalue weighted by Crippen LogP contribution is 2.03. The average Bonchev–Trinajstić information content (AvgIpc) is 2.48. The third-order valence-corrected chi connectivity index (χ3v) is 2.55. The second-order valence-electron chi connectivity index (χ2n) is 4.18. The summed E-state index contributed by atoms with van der Waals surface area (Å²) in [4.78, 5) is 44.6. The molecule has 21 heavy (non-hydrogen) atoms. The van der Waals surface area contributed by atoms with Gasteiger partial charge in [-0.1, -0.05) is 0 Å². The van der Waals surface area contributed by atoms with E-state index < -0.39 is 36.0 Å². The van der Waals surface area contributed by atoms with Crippen LogP contribution in [0.3, 0.4) is 0 Å². The number of esters is 4. The molecule has 120 valence electrons. The van der Waals surface area contributed by atoms with Crippen LogP contribution in [0, 0.1) is 0 Å². The quantitative estimate of drug-likeness (QED) is 0.314. The van der Waals surface area contributed by atoms with Crippen molar-refractivity contribution in [1.29, 1.82) is 0 Å². The van der Waals surface area contributed by atoms with Crippen molar-refractivity contribution in [3.8, 4) is 0 Å². The average molecular weight is 304 g/mol. The van der Waals surface area contributed by atoms with Gasteiger partial charge in [-0.05, 0) is 12.8 Å². The lowest BCUT2D eigenvalue weighted by Crippen LogP contribution is -2.33. The van der Waals surface area contributed by atoms with Gasteiger partial charge in [-0.3, -0.25) is 19.2 Å². The Hall–Kier alpha value is -2.00. The first-order valence-corrected chi connectivity index (χ1v) is 6.22. The highest BCUT2D eigenvalue weighted by molar-refractivity contribution is 5.86. The zero-order chi connectivity index (χ0) is 16.4. The molecule has 4 N–H and O–H groups in total. The van der Waals surface area contributed by atoms with E-state index in [9.17, 15) is 19.2 Å². The molecule has 0 spiro atoms. The Labute approximate surface area is 121 Å². The smallest absolute Gasteiger partial charge is 0.322 e. The van der Waals surface area contributed by atoms with E-state index in [4.69, 9.17) is 11.5 Å². The fraction of sp³-hybridized carbons (Fsp3) is 0.667. The van der Waals surface area contributed by atoms with E-state index in [1.165, 1.54) is 14.2 Å². The Morgan fingerprint density at radius 1 is 0.810 bits per heavy atom. The molecule has 0 radical (unpaired) electrons. The normalized spacial score (nSPS) is 13.0. The molecule has 9 heteroatoms. The van der Waals surface area contributed by atoms with Crippen molar-refractivity contribution in [2.24, 2.45) is 11.5 Å². The van der Waals surface area contributed by atoms with Gasteiger partial charge in [0.2, 0.25) is 0 Å². The van der Waals surface area contributed by atoms with Crippen molar-refractivity contribution >= 4 is 23.9 Å². The molecular weight excluding hydrogens is 284 g/mol. The van der Waals surface area contributed by atoms with Crippen LogP contribution < -0.4 is 11.5 Å². The van der Waals surface area contributed by atoms with E-state index in [0.717, 1.165) is 0 Å². The Bertz CT molecular complexity index is 361. The number of hydrogen-bond acceptors (Lipinski definition) is 9. The number of methoxy groups -OCH3 is 2. The molecular formula is C12H20N2O7. The molecule has 2 atom stereocenters. The van der Waals surface area contributed by atoms with E-state index in [1.807, 2.05) is 0 Å². The van der Waals surface area contributed by atoms with E-state index in [0.29, 0.717) is 0 Å². The lowest BCUT2D eigenvalue weighted by molar-refractivity contribution is -0.159. The first-order valence-electron chi connectivity index (χ1n) is 6.22. The monoisotopic (exact) mass is 304 g/mol. The van der Waals surface area contributed by atoms with Crippen molar-refractivity contribution in [2.45, 2.75) is 37.8 Å². The predicted molar refractivity (Wildman–Crippen MR) is 69.5 cm³/mol. The van der Waals surface area contributed by atoms with Gasteiger partial charge >= 0.3 is 23.9 Å². The largest absolute Gasteiger partial charge is 0.468 e. The summed E-state index contributed by atoms with van der Waals surface area (Å²) in [7, 11) is 2.35. The second kappa shape index (κ2) is 9.83. The van der Waals surface area contributed by atoms with Crippen molar-refractivity contribution in [3.63, 3.8) is 0 Å². The zero-order valence-corrected chi connectivity index (χ0v) is 12.0. The number of hydrogen-bond donors (Lipinski definition) is 2. The number of carbonyl (C=O) groups is 4. The number of carbonyl (C=O) groups excluding carboxylic acids is 4. The Morgan fingerprint density at radius 2 is 1.14 bits per heavy atom. The van der Waals surface area contributed by atoms with Crippen LogP contribution in [-0.4, -0.2) is 50.2 Å². The Balaban J connectivity index is 3.97. The van der Waals surface area contributed by atoms with Gasteiger partial charge in [0.25, 0.3) is 0 Å². The number of rotatable bonds is 8. The molecule has 0 aromatic rings. The van der Waals surface area contributed by atoms with Crippen LogP contribution in [0.15, 0.2) is 0 Å².